The molecule has 1 aromatic rings. The van der Waals surface area contributed by atoms with Gasteiger partial charge in [-0.1, -0.05) is 25.0 Å². The van der Waals surface area contributed by atoms with Gasteiger partial charge in [0.1, 0.15) is 5.75 Å². The van der Waals surface area contributed by atoms with Crippen molar-refractivity contribution in [3.05, 3.63) is 29.8 Å². The topological polar surface area (TPSA) is 49.8 Å². The van der Waals surface area contributed by atoms with Crippen molar-refractivity contribution in [2.45, 2.75) is 37.8 Å². The number of hydrogen-bond donors (Lipinski definition) is 1. The molecule has 0 spiro atoms. The van der Waals surface area contributed by atoms with E-state index in [0.29, 0.717) is 11.3 Å². The predicted octanol–water partition coefficient (Wildman–Crippen LogP) is 2.07. The number of amides is 1. The summed E-state index contributed by atoms with van der Waals surface area (Å²) in [5, 5.41) is 10.0. The fraction of sp³-hybridized carbons (Fsp3) is 0.533. The van der Waals surface area contributed by atoms with Crippen LogP contribution in [0.25, 0.3) is 0 Å². The third-order valence-corrected chi connectivity index (χ3v) is 3.85. The van der Waals surface area contributed by atoms with Crippen molar-refractivity contribution in [2.24, 2.45) is 0 Å². The predicted molar refractivity (Wildman–Crippen MR) is 73.4 cm³/mol. The molecule has 1 aliphatic carbocycles. The van der Waals surface area contributed by atoms with E-state index < -0.39 is 6.10 Å². The number of rotatable bonds is 3. The highest BCUT2D eigenvalue weighted by atomic mass is 16.5. The molecule has 0 aromatic heterocycles. The number of carbonyl (C=O) groups is 1. The number of carbonyl (C=O) groups excluding carboxylic acids is 1. The van der Waals surface area contributed by atoms with Gasteiger partial charge >= 0.3 is 0 Å². The van der Waals surface area contributed by atoms with Crippen LogP contribution in [0.4, 0.5) is 0 Å². The van der Waals surface area contributed by atoms with Gasteiger partial charge in [-0.15, -0.1) is 0 Å². The van der Waals surface area contributed by atoms with Crippen LogP contribution < -0.4 is 4.74 Å². The Hall–Kier alpha value is -1.55. The number of benzene rings is 1. The second kappa shape index (κ2) is 6.06. The summed E-state index contributed by atoms with van der Waals surface area (Å²) in [5.41, 5.74) is 0.547. The summed E-state index contributed by atoms with van der Waals surface area (Å²) in [6.07, 6.45) is 3.31. The van der Waals surface area contributed by atoms with Crippen LogP contribution in [-0.2, 0) is 0 Å². The van der Waals surface area contributed by atoms with Crippen LogP contribution >= 0.6 is 0 Å². The first kappa shape index (κ1) is 13.9. The minimum atomic E-state index is -0.419. The number of hydrogen-bond acceptors (Lipinski definition) is 3. The molecule has 1 N–H and O–H groups in total. The molecule has 4 heteroatoms. The van der Waals surface area contributed by atoms with E-state index in [1.807, 2.05) is 12.1 Å². The lowest BCUT2D eigenvalue weighted by atomic mass is 9.91. The molecule has 1 aromatic carbocycles. The van der Waals surface area contributed by atoms with E-state index in [4.69, 9.17) is 4.74 Å². The SMILES string of the molecule is COc1ccccc1C(=O)N(C)[C@@H]1CCCC[C@@H]1O. The second-order valence-electron chi connectivity index (χ2n) is 5.04. The van der Waals surface area contributed by atoms with Gasteiger partial charge in [0.2, 0.25) is 0 Å². The monoisotopic (exact) mass is 263 g/mol. The number of methoxy groups -OCH3 is 1. The average molecular weight is 263 g/mol. The molecule has 1 fully saturated rings. The number of aliphatic hydroxyl groups excluding tert-OH is 1. The van der Waals surface area contributed by atoms with Gasteiger partial charge in [0.05, 0.1) is 24.8 Å². The molecule has 19 heavy (non-hydrogen) atoms. The molecule has 0 unspecified atom stereocenters. The molecule has 1 saturated carbocycles. The number of nitrogens with zero attached hydrogens (tertiary/aromatic N) is 1. The third kappa shape index (κ3) is 2.89. The van der Waals surface area contributed by atoms with Crippen molar-refractivity contribution in [1.29, 1.82) is 0 Å². The maximum atomic E-state index is 12.5. The average Bonchev–Trinajstić information content (AvgIpc) is 2.46. The van der Waals surface area contributed by atoms with Gasteiger partial charge in [-0.25, -0.2) is 0 Å². The quantitative estimate of drug-likeness (QED) is 0.908. The lowest BCUT2D eigenvalue weighted by molar-refractivity contribution is 0.0266. The molecule has 1 aliphatic rings. The summed E-state index contributed by atoms with van der Waals surface area (Å²) >= 11 is 0. The van der Waals surface area contributed by atoms with Crippen molar-refractivity contribution in [1.82, 2.24) is 4.90 Å². The molecule has 4 nitrogen and oxygen atoms in total. The van der Waals surface area contributed by atoms with E-state index in [9.17, 15) is 9.90 Å². The zero-order valence-corrected chi connectivity index (χ0v) is 11.5. The lowest BCUT2D eigenvalue weighted by Gasteiger charge is -2.35. The Bertz CT molecular complexity index is 447. The van der Waals surface area contributed by atoms with Gasteiger partial charge in [-0.3, -0.25) is 4.79 Å². The molecule has 0 saturated heterocycles. The van der Waals surface area contributed by atoms with Crippen molar-refractivity contribution in [2.75, 3.05) is 14.2 Å². The second-order valence-corrected chi connectivity index (χ2v) is 5.04. The summed E-state index contributed by atoms with van der Waals surface area (Å²) in [6, 6.07) is 7.10. The molecule has 104 valence electrons. The van der Waals surface area contributed by atoms with Gasteiger partial charge < -0.3 is 14.7 Å². The first-order valence-electron chi connectivity index (χ1n) is 6.73. The normalized spacial score (nSPS) is 22.9. The highest BCUT2D eigenvalue weighted by Gasteiger charge is 2.30. The Balaban J connectivity index is 2.18. The Morgan fingerprint density at radius 2 is 2.00 bits per heavy atom. The molecule has 0 heterocycles. The van der Waals surface area contributed by atoms with Crippen molar-refractivity contribution in [3.63, 3.8) is 0 Å². The lowest BCUT2D eigenvalue weighted by Crippen LogP contribution is -2.46. The van der Waals surface area contributed by atoms with Crippen molar-refractivity contribution in [3.8, 4) is 5.75 Å². The highest BCUT2D eigenvalue weighted by molar-refractivity contribution is 5.97. The fourth-order valence-corrected chi connectivity index (χ4v) is 2.71. The van der Waals surface area contributed by atoms with Crippen molar-refractivity contribution < 1.29 is 14.6 Å². The minimum absolute atomic E-state index is 0.0915. The maximum absolute atomic E-state index is 12.5. The Labute approximate surface area is 114 Å². The van der Waals surface area contributed by atoms with Crippen molar-refractivity contribution >= 4 is 5.91 Å². The third-order valence-electron chi connectivity index (χ3n) is 3.85. The van der Waals surface area contributed by atoms with E-state index in [2.05, 4.69) is 0 Å². The van der Waals surface area contributed by atoms with E-state index in [1.54, 1.807) is 31.2 Å². The standard InChI is InChI=1S/C15H21NO3/c1-16(12-8-4-5-9-13(12)17)15(18)11-7-3-6-10-14(11)19-2/h3,6-7,10,12-13,17H,4-5,8-9H2,1-2H3/t12-,13+/m1/s1. The number of para-hydroxylation sites is 1. The summed E-state index contributed by atoms with van der Waals surface area (Å²) in [4.78, 5) is 14.2. The zero-order valence-electron chi connectivity index (χ0n) is 11.5. The van der Waals surface area contributed by atoms with Gasteiger partial charge in [-0.2, -0.15) is 0 Å². The summed E-state index contributed by atoms with van der Waals surface area (Å²) in [7, 11) is 3.32. The first-order valence-corrected chi connectivity index (χ1v) is 6.73. The Morgan fingerprint density at radius 3 is 2.68 bits per heavy atom. The minimum Gasteiger partial charge on any atom is -0.496 e. The molecule has 2 atom stereocenters. The zero-order chi connectivity index (χ0) is 13.8. The van der Waals surface area contributed by atoms with Crippen LogP contribution in [0.15, 0.2) is 24.3 Å². The van der Waals surface area contributed by atoms with Crippen LogP contribution in [-0.4, -0.2) is 42.2 Å². The summed E-state index contributed by atoms with van der Waals surface area (Å²) < 4.78 is 5.22. The Morgan fingerprint density at radius 1 is 1.32 bits per heavy atom. The number of likely N-dealkylation sites (N-methyl/N-ethyl adjacent to an activating group) is 1. The van der Waals surface area contributed by atoms with Gasteiger partial charge in [0.15, 0.2) is 0 Å². The Kier molecular flexibility index (Phi) is 4.43. The number of ether oxygens (including phenoxy) is 1. The summed E-state index contributed by atoms with van der Waals surface area (Å²) in [5.74, 6) is 0.480. The fourth-order valence-electron chi connectivity index (χ4n) is 2.71. The summed E-state index contributed by atoms with van der Waals surface area (Å²) in [6.45, 7) is 0. The molecular formula is C15H21NO3. The number of aliphatic hydroxyl groups is 1. The van der Waals surface area contributed by atoms with Crippen LogP contribution in [0.1, 0.15) is 36.0 Å². The van der Waals surface area contributed by atoms with Crippen LogP contribution in [0.2, 0.25) is 0 Å². The maximum Gasteiger partial charge on any atom is 0.257 e. The van der Waals surface area contributed by atoms with Crippen LogP contribution in [0.5, 0.6) is 5.75 Å². The molecule has 2 rings (SSSR count). The highest BCUT2D eigenvalue weighted by Crippen LogP contribution is 2.25. The molecule has 1 amide bonds. The van der Waals surface area contributed by atoms with Crippen LogP contribution in [0.3, 0.4) is 0 Å². The van der Waals surface area contributed by atoms with Crippen LogP contribution in [0, 0.1) is 0 Å². The van der Waals surface area contributed by atoms with E-state index in [1.165, 1.54) is 0 Å². The first-order chi connectivity index (χ1) is 9.15. The molecule has 0 bridgehead atoms. The molecular weight excluding hydrogens is 242 g/mol. The largest absolute Gasteiger partial charge is 0.496 e. The van der Waals surface area contributed by atoms with E-state index >= 15 is 0 Å². The molecule has 0 aliphatic heterocycles. The van der Waals surface area contributed by atoms with Gasteiger partial charge in [-0.05, 0) is 25.0 Å². The molecule has 0 radical (unpaired) electrons. The smallest absolute Gasteiger partial charge is 0.257 e. The van der Waals surface area contributed by atoms with E-state index in [0.717, 1.165) is 25.7 Å². The van der Waals surface area contributed by atoms with E-state index in [-0.39, 0.29) is 11.9 Å². The van der Waals surface area contributed by atoms with Gasteiger partial charge in [0.25, 0.3) is 5.91 Å². The van der Waals surface area contributed by atoms with Gasteiger partial charge in [0, 0.05) is 7.05 Å².